The van der Waals surface area contributed by atoms with Gasteiger partial charge in [0, 0.05) is 37.1 Å². The molecule has 1 aliphatic rings. The lowest BCUT2D eigenvalue weighted by molar-refractivity contribution is 0.123. The molecule has 0 bridgehead atoms. The van der Waals surface area contributed by atoms with Crippen LogP contribution in [0.25, 0.3) is 10.9 Å². The number of amides is 1. The van der Waals surface area contributed by atoms with E-state index in [4.69, 9.17) is 21.1 Å². The third-order valence-electron chi connectivity index (χ3n) is 5.06. The molecule has 1 saturated heterocycles. The maximum Gasteiger partial charge on any atom is 0.415 e. The molecule has 3 aromatic rings. The third-order valence-corrected chi connectivity index (χ3v) is 5.35. The van der Waals surface area contributed by atoms with Crippen molar-refractivity contribution in [3.63, 3.8) is 0 Å². The van der Waals surface area contributed by atoms with Crippen LogP contribution in [0, 0.1) is 5.82 Å². The number of aromatic nitrogens is 2. The summed E-state index contributed by atoms with van der Waals surface area (Å²) in [5.41, 5.74) is 0.698. The molecule has 0 saturated carbocycles. The maximum atomic E-state index is 14.4. The first-order valence-corrected chi connectivity index (χ1v) is 10.1. The SMILES string of the molecule is COc1cc2ncnc(Nc3cccc(Cl)c3F)c2cc1OC(=O)N1CCNCC1C.Cl. The Labute approximate surface area is 195 Å². The molecule has 2 heterocycles. The summed E-state index contributed by atoms with van der Waals surface area (Å²) in [6, 6.07) is 7.87. The molecule has 1 atom stereocenters. The molecule has 0 aliphatic carbocycles. The zero-order valence-electron chi connectivity index (χ0n) is 17.4. The fourth-order valence-corrected chi connectivity index (χ4v) is 3.57. The van der Waals surface area contributed by atoms with Gasteiger partial charge in [0.05, 0.1) is 23.3 Å². The molecular weight excluding hydrogens is 460 g/mol. The first-order valence-electron chi connectivity index (χ1n) is 9.71. The minimum Gasteiger partial charge on any atom is -0.493 e. The minimum absolute atomic E-state index is 0. The Morgan fingerprint density at radius 3 is 2.88 bits per heavy atom. The number of nitrogens with one attached hydrogen (secondary N) is 2. The Hall–Kier alpha value is -2.88. The fraction of sp³-hybridized carbons (Fsp3) is 0.286. The summed E-state index contributed by atoms with van der Waals surface area (Å²) >= 11 is 5.88. The molecule has 170 valence electrons. The van der Waals surface area contributed by atoms with Gasteiger partial charge in [0.1, 0.15) is 12.1 Å². The minimum atomic E-state index is -0.594. The molecule has 2 N–H and O–H groups in total. The number of methoxy groups -OCH3 is 1. The average Bonchev–Trinajstić information content (AvgIpc) is 2.77. The number of fused-ring (bicyclic) bond motifs is 1. The van der Waals surface area contributed by atoms with Gasteiger partial charge in [-0.05, 0) is 25.1 Å². The Balaban J connectivity index is 0.00000289. The van der Waals surface area contributed by atoms with Gasteiger partial charge in [-0.25, -0.2) is 19.2 Å². The topological polar surface area (TPSA) is 88.6 Å². The number of benzene rings is 2. The van der Waals surface area contributed by atoms with Crippen molar-refractivity contribution in [2.75, 3.05) is 32.1 Å². The van der Waals surface area contributed by atoms with Crippen molar-refractivity contribution >= 4 is 52.5 Å². The fourth-order valence-electron chi connectivity index (χ4n) is 3.40. The van der Waals surface area contributed by atoms with Crippen LogP contribution in [-0.4, -0.2) is 53.7 Å². The van der Waals surface area contributed by atoms with Crippen LogP contribution in [0.5, 0.6) is 11.5 Å². The van der Waals surface area contributed by atoms with E-state index >= 15 is 0 Å². The summed E-state index contributed by atoms with van der Waals surface area (Å²) in [5.74, 6) is 0.308. The number of nitrogens with zero attached hydrogens (tertiary/aromatic N) is 3. The van der Waals surface area contributed by atoms with Gasteiger partial charge in [-0.1, -0.05) is 17.7 Å². The van der Waals surface area contributed by atoms with Gasteiger partial charge in [-0.2, -0.15) is 0 Å². The third kappa shape index (κ3) is 4.79. The van der Waals surface area contributed by atoms with Crippen molar-refractivity contribution in [3.8, 4) is 11.5 Å². The second kappa shape index (κ2) is 10.2. The zero-order chi connectivity index (χ0) is 22.0. The summed E-state index contributed by atoms with van der Waals surface area (Å²) in [7, 11) is 1.48. The summed E-state index contributed by atoms with van der Waals surface area (Å²) in [6.07, 6.45) is 0.875. The number of rotatable bonds is 4. The first-order chi connectivity index (χ1) is 15.0. The van der Waals surface area contributed by atoms with E-state index in [2.05, 4.69) is 20.6 Å². The number of carbonyl (C=O) groups excluding carboxylic acids is 1. The molecule has 0 spiro atoms. The average molecular weight is 482 g/mol. The van der Waals surface area contributed by atoms with Gasteiger partial charge in [0.15, 0.2) is 17.3 Å². The van der Waals surface area contributed by atoms with Crippen LogP contribution in [0.15, 0.2) is 36.7 Å². The first kappa shape index (κ1) is 23.8. The molecule has 1 unspecified atom stereocenters. The van der Waals surface area contributed by atoms with Crippen molar-refractivity contribution in [2.45, 2.75) is 13.0 Å². The number of ether oxygens (including phenoxy) is 2. The van der Waals surface area contributed by atoms with Gasteiger partial charge < -0.3 is 25.0 Å². The lowest BCUT2D eigenvalue weighted by Crippen LogP contribution is -2.53. The lowest BCUT2D eigenvalue weighted by atomic mass is 10.2. The summed E-state index contributed by atoms with van der Waals surface area (Å²) in [5, 5.41) is 6.68. The number of anilines is 2. The van der Waals surface area contributed by atoms with Gasteiger partial charge in [0.2, 0.25) is 0 Å². The van der Waals surface area contributed by atoms with Crippen molar-refractivity contribution in [3.05, 3.63) is 47.5 Å². The van der Waals surface area contributed by atoms with Crippen LogP contribution >= 0.6 is 24.0 Å². The normalized spacial score (nSPS) is 15.8. The molecule has 8 nitrogen and oxygen atoms in total. The standard InChI is InChI=1S/C21H21ClFN5O3.ClH/c1-12-10-24-6-7-28(12)21(29)31-18-8-13-16(9-17(18)30-2)25-11-26-20(13)27-15-5-3-4-14(22)19(15)23;/h3-5,8-9,11-12,24H,6-7,10H2,1-2H3,(H,25,26,27);1H. The van der Waals surface area contributed by atoms with Crippen molar-refractivity contribution in [1.82, 2.24) is 20.2 Å². The van der Waals surface area contributed by atoms with Crippen LogP contribution in [0.3, 0.4) is 0 Å². The van der Waals surface area contributed by atoms with Crippen LogP contribution in [-0.2, 0) is 0 Å². The summed E-state index contributed by atoms with van der Waals surface area (Å²) < 4.78 is 25.4. The summed E-state index contributed by atoms with van der Waals surface area (Å²) in [4.78, 5) is 22.9. The summed E-state index contributed by atoms with van der Waals surface area (Å²) in [6.45, 7) is 3.87. The number of halogens is 3. The molecule has 11 heteroatoms. The van der Waals surface area contributed by atoms with E-state index in [1.807, 2.05) is 6.92 Å². The van der Waals surface area contributed by atoms with E-state index in [1.165, 1.54) is 19.5 Å². The smallest absolute Gasteiger partial charge is 0.415 e. The second-order valence-corrected chi connectivity index (χ2v) is 7.49. The number of hydrogen-bond acceptors (Lipinski definition) is 7. The quantitative estimate of drug-likeness (QED) is 0.570. The Kier molecular flexibility index (Phi) is 7.55. The maximum absolute atomic E-state index is 14.4. The van der Waals surface area contributed by atoms with Gasteiger partial charge in [-0.3, -0.25) is 0 Å². The van der Waals surface area contributed by atoms with Gasteiger partial charge in [-0.15, -0.1) is 12.4 Å². The van der Waals surface area contributed by atoms with Crippen LogP contribution in [0.4, 0.5) is 20.7 Å². The Morgan fingerprint density at radius 1 is 1.31 bits per heavy atom. The molecular formula is C21H22Cl2FN5O3. The van der Waals surface area contributed by atoms with E-state index in [1.54, 1.807) is 29.2 Å². The van der Waals surface area contributed by atoms with E-state index < -0.39 is 11.9 Å². The number of carbonyl (C=O) groups is 1. The zero-order valence-corrected chi connectivity index (χ0v) is 19.0. The number of piperazine rings is 1. The highest BCUT2D eigenvalue weighted by molar-refractivity contribution is 6.31. The molecule has 1 amide bonds. The molecule has 1 aromatic heterocycles. The molecule has 32 heavy (non-hydrogen) atoms. The van der Waals surface area contributed by atoms with Gasteiger partial charge in [0.25, 0.3) is 0 Å². The van der Waals surface area contributed by atoms with E-state index in [0.29, 0.717) is 42.1 Å². The highest BCUT2D eigenvalue weighted by Crippen LogP contribution is 2.36. The molecule has 1 aliphatic heterocycles. The lowest BCUT2D eigenvalue weighted by Gasteiger charge is -2.33. The van der Waals surface area contributed by atoms with Crippen molar-refractivity contribution in [2.24, 2.45) is 0 Å². The highest BCUT2D eigenvalue weighted by Gasteiger charge is 2.26. The molecule has 4 rings (SSSR count). The predicted octanol–water partition coefficient (Wildman–Crippen LogP) is 4.39. The van der Waals surface area contributed by atoms with Crippen LogP contribution in [0.1, 0.15) is 6.92 Å². The van der Waals surface area contributed by atoms with E-state index in [-0.39, 0.29) is 34.9 Å². The number of hydrogen-bond donors (Lipinski definition) is 2. The molecule has 2 aromatic carbocycles. The second-order valence-electron chi connectivity index (χ2n) is 7.08. The van der Waals surface area contributed by atoms with E-state index in [0.717, 1.165) is 0 Å². The van der Waals surface area contributed by atoms with E-state index in [9.17, 15) is 9.18 Å². The Morgan fingerprint density at radius 2 is 2.12 bits per heavy atom. The predicted molar refractivity (Wildman–Crippen MR) is 123 cm³/mol. The monoisotopic (exact) mass is 481 g/mol. The van der Waals surface area contributed by atoms with Crippen LogP contribution < -0.4 is 20.1 Å². The van der Waals surface area contributed by atoms with Crippen LogP contribution in [0.2, 0.25) is 5.02 Å². The molecule has 1 fully saturated rings. The highest BCUT2D eigenvalue weighted by atomic mass is 35.5. The molecule has 0 radical (unpaired) electrons. The Bertz CT molecular complexity index is 1130. The van der Waals surface area contributed by atoms with Crippen molar-refractivity contribution < 1.29 is 18.7 Å². The van der Waals surface area contributed by atoms with Crippen molar-refractivity contribution in [1.29, 1.82) is 0 Å². The van der Waals surface area contributed by atoms with Gasteiger partial charge >= 0.3 is 6.09 Å². The largest absolute Gasteiger partial charge is 0.493 e.